The van der Waals surface area contributed by atoms with Crippen molar-refractivity contribution in [3.05, 3.63) is 54.1 Å². The average Bonchev–Trinajstić information content (AvgIpc) is 2.70. The molecule has 32 heavy (non-hydrogen) atoms. The molecule has 0 radical (unpaired) electrons. The third-order valence-corrected chi connectivity index (χ3v) is 7.04. The first kappa shape index (κ1) is 23.8. The van der Waals surface area contributed by atoms with Gasteiger partial charge in [-0.1, -0.05) is 25.5 Å². The lowest BCUT2D eigenvalue weighted by molar-refractivity contribution is -0.141. The Morgan fingerprint density at radius 1 is 1.16 bits per heavy atom. The molecule has 2 aromatic carbocycles. The Morgan fingerprint density at radius 2 is 1.84 bits per heavy atom. The van der Waals surface area contributed by atoms with Gasteiger partial charge in [0.15, 0.2) is 0 Å². The fourth-order valence-electron chi connectivity index (χ4n) is 3.54. The highest BCUT2D eigenvalue weighted by molar-refractivity contribution is 7.87. The number of hydrogen-bond acceptors (Lipinski definition) is 5. The first-order valence-corrected chi connectivity index (χ1v) is 12.3. The van der Waals surface area contributed by atoms with Crippen molar-refractivity contribution in [2.24, 2.45) is 5.92 Å². The second kappa shape index (κ2) is 10.2. The number of nitrogens with one attached hydrogen (secondary N) is 1. The van der Waals surface area contributed by atoms with Gasteiger partial charge in [0.1, 0.15) is 10.6 Å². The Bertz CT molecular complexity index is 1060. The molecule has 1 saturated carbocycles. The molecule has 2 aromatic rings. The minimum absolute atomic E-state index is 0.0154. The molecule has 0 spiro atoms. The third kappa shape index (κ3) is 5.88. The molecule has 0 unspecified atom stereocenters. The van der Waals surface area contributed by atoms with Crippen LogP contribution in [0.3, 0.4) is 0 Å². The number of anilines is 1. The standard InChI is InChI=1S/C24H30N2O5S/c1-4-17(2)26(24(28)20-8-6-9-20)16-19-7-5-10-22(15-19)31-32(29,30)23-13-11-21(12-14-23)25-18(3)27/h5,7,10-15,17,20H,4,6,8-9,16H2,1-3H3,(H,25,27)/t17-/m0/s1. The van der Waals surface area contributed by atoms with Crippen LogP contribution in [0.5, 0.6) is 5.75 Å². The highest BCUT2D eigenvalue weighted by Crippen LogP contribution is 2.30. The smallest absolute Gasteiger partial charge is 0.339 e. The summed E-state index contributed by atoms with van der Waals surface area (Å²) in [6.45, 7) is 5.87. The van der Waals surface area contributed by atoms with Crippen LogP contribution in [0.25, 0.3) is 0 Å². The molecule has 3 rings (SSSR count). The lowest BCUT2D eigenvalue weighted by Gasteiger charge is -2.35. The van der Waals surface area contributed by atoms with Gasteiger partial charge in [0, 0.05) is 31.1 Å². The normalized spacial score (nSPS) is 14.8. The summed E-state index contributed by atoms with van der Waals surface area (Å²) in [6, 6.07) is 12.7. The van der Waals surface area contributed by atoms with E-state index >= 15 is 0 Å². The van der Waals surface area contributed by atoms with Gasteiger partial charge in [-0.3, -0.25) is 9.59 Å². The zero-order valence-corrected chi connectivity index (χ0v) is 19.5. The van der Waals surface area contributed by atoms with Crippen LogP contribution < -0.4 is 9.50 Å². The van der Waals surface area contributed by atoms with Crippen molar-refractivity contribution in [1.82, 2.24) is 4.90 Å². The Morgan fingerprint density at radius 3 is 2.41 bits per heavy atom. The number of benzene rings is 2. The van der Waals surface area contributed by atoms with E-state index in [0.717, 1.165) is 31.2 Å². The van der Waals surface area contributed by atoms with E-state index in [1.165, 1.54) is 31.2 Å². The van der Waals surface area contributed by atoms with E-state index in [0.29, 0.717) is 12.2 Å². The quantitative estimate of drug-likeness (QED) is 0.564. The molecule has 7 nitrogen and oxygen atoms in total. The molecule has 0 bridgehead atoms. The van der Waals surface area contributed by atoms with Crippen LogP contribution in [0, 0.1) is 5.92 Å². The van der Waals surface area contributed by atoms with E-state index < -0.39 is 10.1 Å². The van der Waals surface area contributed by atoms with E-state index in [1.54, 1.807) is 18.2 Å². The molecule has 1 aliphatic carbocycles. The van der Waals surface area contributed by atoms with E-state index in [1.807, 2.05) is 17.9 Å². The van der Waals surface area contributed by atoms with E-state index in [2.05, 4.69) is 12.2 Å². The summed E-state index contributed by atoms with van der Waals surface area (Å²) in [7, 11) is -4.04. The first-order valence-electron chi connectivity index (χ1n) is 10.9. The second-order valence-electron chi connectivity index (χ2n) is 8.24. The first-order chi connectivity index (χ1) is 15.2. The van der Waals surface area contributed by atoms with Crippen LogP contribution in [0.4, 0.5) is 5.69 Å². The van der Waals surface area contributed by atoms with Crippen LogP contribution in [-0.2, 0) is 26.3 Å². The van der Waals surface area contributed by atoms with Gasteiger partial charge in [0.05, 0.1) is 0 Å². The van der Waals surface area contributed by atoms with E-state index in [4.69, 9.17) is 4.18 Å². The van der Waals surface area contributed by atoms with E-state index in [9.17, 15) is 18.0 Å². The van der Waals surface area contributed by atoms with Crippen molar-refractivity contribution in [3.8, 4) is 5.75 Å². The monoisotopic (exact) mass is 458 g/mol. The predicted molar refractivity (Wildman–Crippen MR) is 123 cm³/mol. The highest BCUT2D eigenvalue weighted by Gasteiger charge is 2.31. The van der Waals surface area contributed by atoms with Crippen molar-refractivity contribution in [2.75, 3.05) is 5.32 Å². The van der Waals surface area contributed by atoms with Crippen molar-refractivity contribution < 1.29 is 22.2 Å². The highest BCUT2D eigenvalue weighted by atomic mass is 32.2. The maximum absolute atomic E-state index is 12.9. The van der Waals surface area contributed by atoms with Gasteiger partial charge in [-0.2, -0.15) is 8.42 Å². The number of rotatable bonds is 9. The Hall–Kier alpha value is -2.87. The van der Waals surface area contributed by atoms with Gasteiger partial charge in [-0.25, -0.2) is 0 Å². The zero-order chi connectivity index (χ0) is 23.3. The topological polar surface area (TPSA) is 92.8 Å². The zero-order valence-electron chi connectivity index (χ0n) is 18.7. The Labute approximate surface area is 189 Å². The summed E-state index contributed by atoms with van der Waals surface area (Å²) in [6.07, 6.45) is 3.82. The molecule has 8 heteroatoms. The number of nitrogens with zero attached hydrogens (tertiary/aromatic N) is 1. The van der Waals surface area contributed by atoms with Crippen molar-refractivity contribution >= 4 is 27.6 Å². The van der Waals surface area contributed by atoms with E-state index in [-0.39, 0.29) is 34.4 Å². The lowest BCUT2D eigenvalue weighted by atomic mass is 9.84. The minimum atomic E-state index is -4.04. The number of carbonyl (C=O) groups excluding carboxylic acids is 2. The van der Waals surface area contributed by atoms with Crippen molar-refractivity contribution in [3.63, 3.8) is 0 Å². The third-order valence-electron chi connectivity index (χ3n) is 5.78. The fraction of sp³-hybridized carbons (Fsp3) is 0.417. The summed E-state index contributed by atoms with van der Waals surface area (Å²) in [5.41, 5.74) is 1.31. The van der Waals surface area contributed by atoms with Gasteiger partial charge in [0.25, 0.3) is 0 Å². The fourth-order valence-corrected chi connectivity index (χ4v) is 4.46. The average molecular weight is 459 g/mol. The van der Waals surface area contributed by atoms with Gasteiger partial charge in [-0.05, 0) is 68.1 Å². The van der Waals surface area contributed by atoms with Crippen LogP contribution in [0.1, 0.15) is 52.0 Å². The number of carbonyl (C=O) groups is 2. The van der Waals surface area contributed by atoms with Crippen LogP contribution in [0.2, 0.25) is 0 Å². The molecular formula is C24H30N2O5S. The maximum Gasteiger partial charge on any atom is 0.339 e. The van der Waals surface area contributed by atoms with Crippen molar-refractivity contribution in [1.29, 1.82) is 0 Å². The second-order valence-corrected chi connectivity index (χ2v) is 9.79. The summed E-state index contributed by atoms with van der Waals surface area (Å²) in [5, 5.41) is 2.59. The van der Waals surface area contributed by atoms with Crippen LogP contribution in [0.15, 0.2) is 53.4 Å². The molecular weight excluding hydrogens is 428 g/mol. The molecule has 1 aliphatic rings. The number of hydrogen-bond donors (Lipinski definition) is 1. The Balaban J connectivity index is 1.74. The summed E-state index contributed by atoms with van der Waals surface area (Å²) < 4.78 is 30.7. The molecule has 0 saturated heterocycles. The summed E-state index contributed by atoms with van der Waals surface area (Å²) in [4.78, 5) is 25.9. The van der Waals surface area contributed by atoms with Crippen molar-refractivity contribution in [2.45, 2.75) is 63.9 Å². The maximum atomic E-state index is 12.9. The van der Waals surface area contributed by atoms with Gasteiger partial charge in [-0.15, -0.1) is 0 Å². The predicted octanol–water partition coefficient (Wildman–Crippen LogP) is 4.34. The molecule has 2 amide bonds. The van der Waals surface area contributed by atoms with Crippen LogP contribution >= 0.6 is 0 Å². The molecule has 0 aromatic heterocycles. The van der Waals surface area contributed by atoms with Gasteiger partial charge < -0.3 is 14.4 Å². The minimum Gasteiger partial charge on any atom is -0.379 e. The summed E-state index contributed by atoms with van der Waals surface area (Å²) in [5.74, 6) is 0.220. The molecule has 172 valence electrons. The summed E-state index contributed by atoms with van der Waals surface area (Å²) >= 11 is 0. The lowest BCUT2D eigenvalue weighted by Crippen LogP contribution is -2.43. The largest absolute Gasteiger partial charge is 0.379 e. The molecule has 1 N–H and O–H groups in total. The Kier molecular flexibility index (Phi) is 7.56. The number of amides is 2. The SMILES string of the molecule is CC[C@H](C)N(Cc1cccc(OS(=O)(=O)c2ccc(NC(C)=O)cc2)c1)C(=O)C1CCC1. The molecule has 1 atom stereocenters. The van der Waals surface area contributed by atoms with Gasteiger partial charge in [0.2, 0.25) is 11.8 Å². The molecule has 1 fully saturated rings. The molecule has 0 heterocycles. The van der Waals surface area contributed by atoms with Crippen LogP contribution in [-0.4, -0.2) is 31.2 Å². The molecule has 0 aliphatic heterocycles. The van der Waals surface area contributed by atoms with Gasteiger partial charge >= 0.3 is 10.1 Å².